The first kappa shape index (κ1) is 11.3. The summed E-state index contributed by atoms with van der Waals surface area (Å²) in [5, 5.41) is 2.84. The van der Waals surface area contributed by atoms with Gasteiger partial charge < -0.3 is 5.32 Å². The lowest BCUT2D eigenvalue weighted by Gasteiger charge is -2.20. The minimum atomic E-state index is -0.706. The number of nitrogens with zero attached hydrogens (tertiary/aromatic N) is 1. The second-order valence-electron chi connectivity index (χ2n) is 5.38. The van der Waals surface area contributed by atoms with Crippen LogP contribution in [0.4, 0.5) is 10.5 Å². The lowest BCUT2D eigenvalue weighted by molar-refractivity contribution is -0.122. The largest absolute Gasteiger partial charge is 0.329 e. The standard InChI is InChI=1S/C14H16N2O2/c1-9-3-7-11(8-4-9)16-12(17)14(2,10-5-6-10)15-13(16)18/h3-4,7-8,10H,5-6H2,1-2H3,(H,15,18). The van der Waals surface area contributed by atoms with Gasteiger partial charge >= 0.3 is 6.03 Å². The third-order valence-corrected chi connectivity index (χ3v) is 3.90. The Morgan fingerprint density at radius 2 is 1.83 bits per heavy atom. The lowest BCUT2D eigenvalue weighted by atomic mass is 9.96. The molecule has 2 aliphatic rings. The topological polar surface area (TPSA) is 49.4 Å². The highest BCUT2D eigenvalue weighted by atomic mass is 16.2. The summed E-state index contributed by atoms with van der Waals surface area (Å²) in [5.74, 6) is 0.170. The Kier molecular flexibility index (Phi) is 2.24. The Morgan fingerprint density at radius 1 is 1.22 bits per heavy atom. The Bertz CT molecular complexity index is 519. The van der Waals surface area contributed by atoms with Crippen molar-refractivity contribution in [1.82, 2.24) is 5.32 Å². The number of rotatable bonds is 2. The van der Waals surface area contributed by atoms with Crippen LogP contribution in [0.1, 0.15) is 25.3 Å². The average Bonchev–Trinajstić information content (AvgIpc) is 3.12. The number of urea groups is 1. The summed E-state index contributed by atoms with van der Waals surface area (Å²) in [5.41, 5.74) is 1.05. The number of hydrogen-bond acceptors (Lipinski definition) is 2. The number of carbonyl (C=O) groups excluding carboxylic acids is 2. The molecule has 1 aliphatic heterocycles. The van der Waals surface area contributed by atoms with Gasteiger partial charge in [-0.15, -0.1) is 0 Å². The molecule has 1 atom stereocenters. The maximum Gasteiger partial charge on any atom is 0.329 e. The van der Waals surface area contributed by atoms with Crippen LogP contribution in [0, 0.1) is 12.8 Å². The van der Waals surface area contributed by atoms with Crippen molar-refractivity contribution in [2.45, 2.75) is 32.2 Å². The van der Waals surface area contributed by atoms with Crippen LogP contribution in [0.2, 0.25) is 0 Å². The van der Waals surface area contributed by atoms with E-state index in [1.165, 1.54) is 4.90 Å². The lowest BCUT2D eigenvalue weighted by Crippen LogP contribution is -2.46. The number of amides is 3. The van der Waals surface area contributed by atoms with E-state index < -0.39 is 5.54 Å². The van der Waals surface area contributed by atoms with E-state index in [-0.39, 0.29) is 11.9 Å². The highest BCUT2D eigenvalue weighted by Crippen LogP contribution is 2.43. The second kappa shape index (κ2) is 3.57. The molecule has 18 heavy (non-hydrogen) atoms. The van der Waals surface area contributed by atoms with Crippen LogP contribution in [-0.4, -0.2) is 17.5 Å². The molecular formula is C14H16N2O2. The van der Waals surface area contributed by atoms with Gasteiger partial charge in [0, 0.05) is 0 Å². The third-order valence-electron chi connectivity index (χ3n) is 3.90. The van der Waals surface area contributed by atoms with Crippen LogP contribution in [0.3, 0.4) is 0 Å². The van der Waals surface area contributed by atoms with Crippen molar-refractivity contribution in [2.75, 3.05) is 4.90 Å². The quantitative estimate of drug-likeness (QED) is 0.811. The fourth-order valence-electron chi connectivity index (χ4n) is 2.52. The zero-order valence-corrected chi connectivity index (χ0v) is 10.6. The van der Waals surface area contributed by atoms with E-state index >= 15 is 0 Å². The van der Waals surface area contributed by atoms with E-state index in [9.17, 15) is 9.59 Å². The Balaban J connectivity index is 1.95. The molecule has 1 heterocycles. The van der Waals surface area contributed by atoms with Crippen LogP contribution >= 0.6 is 0 Å². The summed E-state index contributed by atoms with van der Waals surface area (Å²) >= 11 is 0. The molecule has 1 unspecified atom stereocenters. The van der Waals surface area contributed by atoms with Crippen molar-refractivity contribution >= 4 is 17.6 Å². The van der Waals surface area contributed by atoms with Gasteiger partial charge in [-0.1, -0.05) is 17.7 Å². The molecule has 1 aromatic rings. The van der Waals surface area contributed by atoms with E-state index in [4.69, 9.17) is 0 Å². The summed E-state index contributed by atoms with van der Waals surface area (Å²) in [6.07, 6.45) is 2.04. The molecule has 94 valence electrons. The molecule has 1 aliphatic carbocycles. The summed E-state index contributed by atoms with van der Waals surface area (Å²) in [6, 6.07) is 7.13. The van der Waals surface area contributed by atoms with Crippen molar-refractivity contribution in [1.29, 1.82) is 0 Å². The fourth-order valence-corrected chi connectivity index (χ4v) is 2.52. The number of aryl methyl sites for hydroxylation is 1. The van der Waals surface area contributed by atoms with E-state index in [2.05, 4.69) is 5.32 Å². The van der Waals surface area contributed by atoms with Crippen LogP contribution in [-0.2, 0) is 4.79 Å². The second-order valence-corrected chi connectivity index (χ2v) is 5.38. The smallest absolute Gasteiger partial charge is 0.323 e. The number of nitrogens with one attached hydrogen (secondary N) is 1. The normalized spacial score (nSPS) is 27.6. The van der Waals surface area contributed by atoms with Crippen molar-refractivity contribution < 1.29 is 9.59 Å². The van der Waals surface area contributed by atoms with E-state index in [0.29, 0.717) is 11.6 Å². The van der Waals surface area contributed by atoms with Gasteiger partial charge in [0.2, 0.25) is 0 Å². The highest BCUT2D eigenvalue weighted by molar-refractivity contribution is 6.23. The number of imide groups is 1. The SMILES string of the molecule is Cc1ccc(N2C(=O)NC(C)(C3CC3)C2=O)cc1. The highest BCUT2D eigenvalue weighted by Gasteiger charge is 2.56. The molecule has 1 N–H and O–H groups in total. The van der Waals surface area contributed by atoms with Crippen LogP contribution < -0.4 is 10.2 Å². The van der Waals surface area contributed by atoms with E-state index in [0.717, 1.165) is 18.4 Å². The molecule has 3 rings (SSSR count). The van der Waals surface area contributed by atoms with Gasteiger partial charge in [-0.25, -0.2) is 9.69 Å². The maximum atomic E-state index is 12.4. The average molecular weight is 244 g/mol. The number of carbonyl (C=O) groups is 2. The first-order valence-corrected chi connectivity index (χ1v) is 6.26. The Morgan fingerprint density at radius 3 is 2.39 bits per heavy atom. The molecule has 3 amide bonds. The van der Waals surface area contributed by atoms with Gasteiger partial charge in [0.05, 0.1) is 5.69 Å². The minimum Gasteiger partial charge on any atom is -0.323 e. The number of hydrogen-bond donors (Lipinski definition) is 1. The third kappa shape index (κ3) is 1.52. The van der Waals surface area contributed by atoms with Gasteiger partial charge in [0.15, 0.2) is 0 Å². The Labute approximate surface area is 106 Å². The maximum absolute atomic E-state index is 12.4. The summed E-state index contributed by atoms with van der Waals surface area (Å²) in [6.45, 7) is 3.81. The zero-order valence-electron chi connectivity index (χ0n) is 10.6. The summed E-state index contributed by atoms with van der Waals surface area (Å²) < 4.78 is 0. The van der Waals surface area contributed by atoms with Gasteiger partial charge in [-0.2, -0.15) is 0 Å². The first-order chi connectivity index (χ1) is 8.52. The molecule has 0 aromatic heterocycles. The molecule has 4 nitrogen and oxygen atoms in total. The molecule has 1 saturated heterocycles. The molecule has 4 heteroatoms. The van der Waals surface area contributed by atoms with Gasteiger partial charge in [-0.3, -0.25) is 4.79 Å². The zero-order chi connectivity index (χ0) is 12.9. The molecule has 2 fully saturated rings. The molecule has 1 saturated carbocycles. The van der Waals surface area contributed by atoms with Crippen molar-refractivity contribution in [3.05, 3.63) is 29.8 Å². The minimum absolute atomic E-state index is 0.126. The fraction of sp³-hybridized carbons (Fsp3) is 0.429. The van der Waals surface area contributed by atoms with Crippen LogP contribution in [0.5, 0.6) is 0 Å². The predicted molar refractivity (Wildman–Crippen MR) is 68.3 cm³/mol. The van der Waals surface area contributed by atoms with Gasteiger partial charge in [0.1, 0.15) is 5.54 Å². The van der Waals surface area contributed by atoms with Gasteiger partial charge in [0.25, 0.3) is 5.91 Å². The van der Waals surface area contributed by atoms with Crippen LogP contribution in [0.25, 0.3) is 0 Å². The summed E-state index contributed by atoms with van der Waals surface area (Å²) in [4.78, 5) is 25.7. The van der Waals surface area contributed by atoms with E-state index in [1.54, 1.807) is 0 Å². The Hall–Kier alpha value is -1.84. The monoisotopic (exact) mass is 244 g/mol. The van der Waals surface area contributed by atoms with E-state index in [1.807, 2.05) is 38.1 Å². The van der Waals surface area contributed by atoms with Crippen molar-refractivity contribution in [3.8, 4) is 0 Å². The van der Waals surface area contributed by atoms with Gasteiger partial charge in [-0.05, 0) is 44.7 Å². The van der Waals surface area contributed by atoms with Crippen molar-refractivity contribution in [2.24, 2.45) is 5.92 Å². The molecular weight excluding hydrogens is 228 g/mol. The summed E-state index contributed by atoms with van der Waals surface area (Å²) in [7, 11) is 0. The van der Waals surface area contributed by atoms with Crippen molar-refractivity contribution in [3.63, 3.8) is 0 Å². The molecule has 0 bridgehead atoms. The van der Waals surface area contributed by atoms with Crippen LogP contribution in [0.15, 0.2) is 24.3 Å². The number of benzene rings is 1. The predicted octanol–water partition coefficient (Wildman–Crippen LogP) is 2.22. The molecule has 1 aromatic carbocycles. The molecule has 0 spiro atoms. The first-order valence-electron chi connectivity index (χ1n) is 6.26. The number of anilines is 1. The molecule has 0 radical (unpaired) electrons.